The standard InChI is InChI=1S/C15H22N2O3/c1-3-8-17-12-9-11(13(18)6-7-16)4-5-14(12)20-10(2)15(17)19/h4-5,9-10,13,18H,3,6-8,16H2,1-2H3. The lowest BCUT2D eigenvalue weighted by Crippen LogP contribution is -2.44. The second-order valence-electron chi connectivity index (χ2n) is 5.07. The second kappa shape index (κ2) is 6.24. The van der Waals surface area contributed by atoms with E-state index in [2.05, 4.69) is 0 Å². The molecule has 1 heterocycles. The quantitative estimate of drug-likeness (QED) is 0.857. The normalized spacial score (nSPS) is 19.5. The van der Waals surface area contributed by atoms with Gasteiger partial charge < -0.3 is 20.5 Å². The number of hydrogen-bond donors (Lipinski definition) is 2. The van der Waals surface area contributed by atoms with Gasteiger partial charge in [0.1, 0.15) is 5.75 Å². The number of nitrogens with zero attached hydrogens (tertiary/aromatic N) is 1. The number of carbonyl (C=O) groups is 1. The largest absolute Gasteiger partial charge is 0.479 e. The van der Waals surface area contributed by atoms with Crippen LogP contribution in [0.2, 0.25) is 0 Å². The Morgan fingerprint density at radius 2 is 2.25 bits per heavy atom. The highest BCUT2D eigenvalue weighted by Crippen LogP contribution is 2.36. The van der Waals surface area contributed by atoms with E-state index in [0.717, 1.165) is 17.7 Å². The number of aliphatic hydroxyl groups is 1. The van der Waals surface area contributed by atoms with Crippen LogP contribution in [0.1, 0.15) is 38.4 Å². The highest BCUT2D eigenvalue weighted by molar-refractivity contribution is 5.99. The van der Waals surface area contributed by atoms with Gasteiger partial charge in [-0.05, 0) is 44.0 Å². The van der Waals surface area contributed by atoms with Gasteiger partial charge in [0.2, 0.25) is 0 Å². The fourth-order valence-corrected chi connectivity index (χ4v) is 2.41. The molecule has 2 rings (SSSR count). The van der Waals surface area contributed by atoms with E-state index < -0.39 is 12.2 Å². The molecule has 3 N–H and O–H groups in total. The van der Waals surface area contributed by atoms with E-state index >= 15 is 0 Å². The Morgan fingerprint density at radius 1 is 1.50 bits per heavy atom. The number of anilines is 1. The summed E-state index contributed by atoms with van der Waals surface area (Å²) in [5.74, 6) is 0.652. The van der Waals surface area contributed by atoms with Crippen molar-refractivity contribution in [2.24, 2.45) is 5.73 Å². The lowest BCUT2D eigenvalue weighted by Gasteiger charge is -2.33. The Labute approximate surface area is 119 Å². The summed E-state index contributed by atoms with van der Waals surface area (Å²) in [6.45, 7) is 4.85. The van der Waals surface area contributed by atoms with Gasteiger partial charge in [-0.3, -0.25) is 4.79 Å². The molecule has 5 heteroatoms. The van der Waals surface area contributed by atoms with E-state index in [1.807, 2.05) is 25.1 Å². The summed E-state index contributed by atoms with van der Waals surface area (Å²) in [6, 6.07) is 5.47. The van der Waals surface area contributed by atoms with Gasteiger partial charge in [-0.15, -0.1) is 0 Å². The fraction of sp³-hybridized carbons (Fsp3) is 0.533. The van der Waals surface area contributed by atoms with Gasteiger partial charge in [-0.25, -0.2) is 0 Å². The average Bonchev–Trinajstić information content (AvgIpc) is 2.44. The van der Waals surface area contributed by atoms with Gasteiger partial charge >= 0.3 is 0 Å². The maximum atomic E-state index is 12.2. The molecule has 0 bridgehead atoms. The number of benzene rings is 1. The molecule has 0 saturated heterocycles. The Bertz CT molecular complexity index is 490. The number of aliphatic hydroxyl groups excluding tert-OH is 1. The van der Waals surface area contributed by atoms with Crippen molar-refractivity contribution in [3.05, 3.63) is 23.8 Å². The smallest absolute Gasteiger partial charge is 0.267 e. The lowest BCUT2D eigenvalue weighted by atomic mass is 10.0. The Balaban J connectivity index is 2.37. The third-order valence-electron chi connectivity index (χ3n) is 3.46. The van der Waals surface area contributed by atoms with Crippen molar-refractivity contribution in [2.75, 3.05) is 18.0 Å². The molecule has 1 aromatic carbocycles. The molecule has 2 unspecified atom stereocenters. The van der Waals surface area contributed by atoms with Crippen LogP contribution < -0.4 is 15.4 Å². The van der Waals surface area contributed by atoms with Crippen LogP contribution in [0.3, 0.4) is 0 Å². The van der Waals surface area contributed by atoms with Gasteiger partial charge in [-0.2, -0.15) is 0 Å². The lowest BCUT2D eigenvalue weighted by molar-refractivity contribution is -0.125. The highest BCUT2D eigenvalue weighted by Gasteiger charge is 2.31. The van der Waals surface area contributed by atoms with Crippen LogP contribution in [-0.2, 0) is 4.79 Å². The van der Waals surface area contributed by atoms with Crippen molar-refractivity contribution in [2.45, 2.75) is 38.9 Å². The molecule has 0 aromatic heterocycles. The molecule has 0 saturated carbocycles. The Kier molecular flexibility index (Phi) is 4.62. The molecule has 0 radical (unpaired) electrons. The van der Waals surface area contributed by atoms with Crippen molar-refractivity contribution in [1.82, 2.24) is 0 Å². The summed E-state index contributed by atoms with van der Waals surface area (Å²) in [7, 11) is 0. The van der Waals surface area contributed by atoms with Crippen LogP contribution in [0, 0.1) is 0 Å². The van der Waals surface area contributed by atoms with Crippen LogP contribution in [0.25, 0.3) is 0 Å². The number of nitrogens with two attached hydrogens (primary N) is 1. The number of hydrogen-bond acceptors (Lipinski definition) is 4. The zero-order valence-electron chi connectivity index (χ0n) is 12.0. The minimum atomic E-state index is -0.608. The highest BCUT2D eigenvalue weighted by atomic mass is 16.5. The first-order valence-corrected chi connectivity index (χ1v) is 7.08. The number of carbonyl (C=O) groups excluding carboxylic acids is 1. The average molecular weight is 278 g/mol. The first kappa shape index (κ1) is 14.8. The summed E-state index contributed by atoms with van der Waals surface area (Å²) in [6.07, 6.45) is 0.294. The molecule has 110 valence electrons. The zero-order valence-corrected chi connectivity index (χ0v) is 12.0. The summed E-state index contributed by atoms with van der Waals surface area (Å²) in [5.41, 5.74) is 6.98. The molecule has 0 spiro atoms. The van der Waals surface area contributed by atoms with E-state index in [1.54, 1.807) is 11.8 Å². The predicted octanol–water partition coefficient (Wildman–Crippen LogP) is 1.59. The number of ether oxygens (including phenoxy) is 1. The van der Waals surface area contributed by atoms with Gasteiger partial charge in [0.15, 0.2) is 6.10 Å². The fourth-order valence-electron chi connectivity index (χ4n) is 2.41. The summed E-state index contributed by atoms with van der Waals surface area (Å²) in [5, 5.41) is 10.0. The molecular weight excluding hydrogens is 256 g/mol. The first-order valence-electron chi connectivity index (χ1n) is 7.08. The topological polar surface area (TPSA) is 75.8 Å². The zero-order chi connectivity index (χ0) is 14.7. The van der Waals surface area contributed by atoms with E-state index in [-0.39, 0.29) is 5.91 Å². The van der Waals surface area contributed by atoms with Crippen molar-refractivity contribution in [1.29, 1.82) is 0 Å². The predicted molar refractivity (Wildman–Crippen MR) is 77.8 cm³/mol. The van der Waals surface area contributed by atoms with E-state index in [1.165, 1.54) is 0 Å². The summed E-state index contributed by atoms with van der Waals surface area (Å²) >= 11 is 0. The van der Waals surface area contributed by atoms with Crippen molar-refractivity contribution in [3.8, 4) is 5.75 Å². The summed E-state index contributed by atoms with van der Waals surface area (Å²) in [4.78, 5) is 13.9. The maximum absolute atomic E-state index is 12.2. The SMILES string of the molecule is CCCN1C(=O)C(C)Oc2ccc(C(O)CCN)cc21. The van der Waals surface area contributed by atoms with Gasteiger partial charge in [0.05, 0.1) is 11.8 Å². The van der Waals surface area contributed by atoms with Gasteiger partial charge in [0.25, 0.3) is 5.91 Å². The van der Waals surface area contributed by atoms with E-state index in [0.29, 0.717) is 25.3 Å². The number of fused-ring (bicyclic) bond motifs is 1. The molecule has 0 aliphatic carbocycles. The van der Waals surface area contributed by atoms with E-state index in [9.17, 15) is 9.90 Å². The third-order valence-corrected chi connectivity index (χ3v) is 3.46. The molecule has 2 atom stereocenters. The van der Waals surface area contributed by atoms with Crippen LogP contribution in [0.4, 0.5) is 5.69 Å². The molecule has 1 amide bonds. The van der Waals surface area contributed by atoms with Gasteiger partial charge in [0, 0.05) is 6.54 Å². The molecule has 1 aliphatic heterocycles. The molecule has 0 fully saturated rings. The Morgan fingerprint density at radius 3 is 2.90 bits per heavy atom. The first-order chi connectivity index (χ1) is 9.58. The van der Waals surface area contributed by atoms with E-state index in [4.69, 9.17) is 10.5 Å². The summed E-state index contributed by atoms with van der Waals surface area (Å²) < 4.78 is 5.62. The third kappa shape index (κ3) is 2.78. The molecule has 20 heavy (non-hydrogen) atoms. The van der Waals surface area contributed by atoms with Crippen molar-refractivity contribution in [3.63, 3.8) is 0 Å². The monoisotopic (exact) mass is 278 g/mol. The minimum Gasteiger partial charge on any atom is -0.479 e. The molecule has 5 nitrogen and oxygen atoms in total. The van der Waals surface area contributed by atoms with Crippen LogP contribution in [0.15, 0.2) is 18.2 Å². The van der Waals surface area contributed by atoms with Crippen LogP contribution in [-0.4, -0.2) is 30.2 Å². The van der Waals surface area contributed by atoms with Gasteiger partial charge in [-0.1, -0.05) is 13.0 Å². The molecular formula is C15H22N2O3. The Hall–Kier alpha value is -1.59. The maximum Gasteiger partial charge on any atom is 0.267 e. The van der Waals surface area contributed by atoms with Crippen LogP contribution in [0.5, 0.6) is 5.75 Å². The second-order valence-corrected chi connectivity index (χ2v) is 5.07. The molecule has 1 aromatic rings. The number of amides is 1. The minimum absolute atomic E-state index is 0.0372. The van der Waals surface area contributed by atoms with Crippen molar-refractivity contribution < 1.29 is 14.6 Å². The molecule has 1 aliphatic rings. The van der Waals surface area contributed by atoms with Crippen LogP contribution >= 0.6 is 0 Å². The number of rotatable bonds is 5. The van der Waals surface area contributed by atoms with Crippen molar-refractivity contribution >= 4 is 11.6 Å².